The van der Waals surface area contributed by atoms with Crippen molar-refractivity contribution in [2.75, 3.05) is 44.7 Å². The van der Waals surface area contributed by atoms with Crippen molar-refractivity contribution < 1.29 is 9.84 Å². The van der Waals surface area contributed by atoms with Gasteiger partial charge in [-0.25, -0.2) is 0 Å². The Morgan fingerprint density at radius 1 is 1.42 bits per heavy atom. The normalized spacial score (nSPS) is 18.3. The largest absolute Gasteiger partial charge is 0.390 e. The van der Waals surface area contributed by atoms with E-state index in [2.05, 4.69) is 39.1 Å². The van der Waals surface area contributed by atoms with Crippen molar-refractivity contribution in [1.82, 2.24) is 4.90 Å². The molecule has 0 spiro atoms. The lowest BCUT2D eigenvalue weighted by molar-refractivity contribution is 0.0171. The Morgan fingerprint density at radius 3 is 2.89 bits per heavy atom. The van der Waals surface area contributed by atoms with Gasteiger partial charge in [-0.3, -0.25) is 4.90 Å². The molecule has 1 saturated heterocycles. The van der Waals surface area contributed by atoms with Crippen LogP contribution in [0.5, 0.6) is 0 Å². The second-order valence-electron chi connectivity index (χ2n) is 4.88. The molecule has 2 N–H and O–H groups in total. The van der Waals surface area contributed by atoms with Gasteiger partial charge in [0, 0.05) is 36.3 Å². The SMILES string of the molecule is Cc1cccc(NCC(O)CN2CCOCC2)c1Br. The Bertz CT molecular complexity index is 408. The second-order valence-corrected chi connectivity index (χ2v) is 5.68. The first-order valence-corrected chi connectivity index (χ1v) is 7.43. The molecule has 0 amide bonds. The highest BCUT2D eigenvalue weighted by Gasteiger charge is 2.15. The van der Waals surface area contributed by atoms with Gasteiger partial charge in [0.05, 0.1) is 19.3 Å². The summed E-state index contributed by atoms with van der Waals surface area (Å²) in [5, 5.41) is 13.4. The van der Waals surface area contributed by atoms with Crippen LogP contribution >= 0.6 is 15.9 Å². The van der Waals surface area contributed by atoms with Crippen molar-refractivity contribution in [3.8, 4) is 0 Å². The Balaban J connectivity index is 1.79. The van der Waals surface area contributed by atoms with Crippen molar-refractivity contribution in [1.29, 1.82) is 0 Å². The zero-order valence-electron chi connectivity index (χ0n) is 11.2. The molecule has 1 heterocycles. The molecule has 0 aliphatic carbocycles. The maximum absolute atomic E-state index is 10.1. The van der Waals surface area contributed by atoms with Gasteiger partial charge in [-0.05, 0) is 34.5 Å². The van der Waals surface area contributed by atoms with E-state index in [1.165, 1.54) is 5.56 Å². The zero-order valence-corrected chi connectivity index (χ0v) is 12.8. The number of halogens is 1. The van der Waals surface area contributed by atoms with E-state index in [4.69, 9.17) is 4.74 Å². The van der Waals surface area contributed by atoms with E-state index >= 15 is 0 Å². The highest BCUT2D eigenvalue weighted by molar-refractivity contribution is 9.10. The van der Waals surface area contributed by atoms with E-state index in [1.807, 2.05) is 12.1 Å². The Labute approximate surface area is 122 Å². The number of aliphatic hydroxyl groups excluding tert-OH is 1. The van der Waals surface area contributed by atoms with Gasteiger partial charge in [0.2, 0.25) is 0 Å². The van der Waals surface area contributed by atoms with Crippen LogP contribution in [0.15, 0.2) is 22.7 Å². The van der Waals surface area contributed by atoms with E-state index in [0.29, 0.717) is 13.1 Å². The van der Waals surface area contributed by atoms with Crippen LogP contribution in [0.3, 0.4) is 0 Å². The van der Waals surface area contributed by atoms with E-state index in [1.54, 1.807) is 0 Å². The minimum atomic E-state index is -0.370. The lowest BCUT2D eigenvalue weighted by Crippen LogP contribution is -2.42. The van der Waals surface area contributed by atoms with Crippen LogP contribution in [-0.2, 0) is 4.74 Å². The first-order chi connectivity index (χ1) is 9.16. The first-order valence-electron chi connectivity index (χ1n) is 6.64. The molecule has 1 atom stereocenters. The smallest absolute Gasteiger partial charge is 0.0839 e. The van der Waals surface area contributed by atoms with Gasteiger partial charge in [0.1, 0.15) is 0 Å². The van der Waals surface area contributed by atoms with Gasteiger partial charge in [0.25, 0.3) is 0 Å². The van der Waals surface area contributed by atoms with Crippen LogP contribution in [-0.4, -0.2) is 55.5 Å². The molecule has 1 aromatic carbocycles. The maximum atomic E-state index is 10.1. The summed E-state index contributed by atoms with van der Waals surface area (Å²) in [4.78, 5) is 2.24. The monoisotopic (exact) mass is 328 g/mol. The van der Waals surface area contributed by atoms with Crippen LogP contribution in [0.25, 0.3) is 0 Å². The summed E-state index contributed by atoms with van der Waals surface area (Å²) in [5.74, 6) is 0. The standard InChI is InChI=1S/C14H21BrN2O2/c1-11-3-2-4-13(14(11)15)16-9-12(18)10-17-5-7-19-8-6-17/h2-4,12,16,18H,5-10H2,1H3. The second kappa shape index (κ2) is 7.24. The minimum Gasteiger partial charge on any atom is -0.390 e. The molecule has 1 fully saturated rings. The summed E-state index contributed by atoms with van der Waals surface area (Å²) in [6.07, 6.45) is -0.370. The number of aryl methyl sites for hydroxylation is 1. The van der Waals surface area contributed by atoms with Crippen LogP contribution in [0.1, 0.15) is 5.56 Å². The number of hydrogen-bond donors (Lipinski definition) is 2. The Hall–Kier alpha value is -0.620. The molecule has 2 rings (SSSR count). The molecular weight excluding hydrogens is 308 g/mol. The molecule has 106 valence electrons. The molecule has 4 nitrogen and oxygen atoms in total. The fourth-order valence-electron chi connectivity index (χ4n) is 2.16. The van der Waals surface area contributed by atoms with Crippen LogP contribution < -0.4 is 5.32 Å². The van der Waals surface area contributed by atoms with E-state index in [-0.39, 0.29) is 6.10 Å². The van der Waals surface area contributed by atoms with Crippen molar-refractivity contribution >= 4 is 21.6 Å². The summed E-state index contributed by atoms with van der Waals surface area (Å²) >= 11 is 3.56. The predicted octanol–water partition coefficient (Wildman–Crippen LogP) is 1.86. The number of anilines is 1. The molecular formula is C14H21BrN2O2. The number of ether oxygens (including phenoxy) is 1. The predicted molar refractivity (Wildman–Crippen MR) is 80.6 cm³/mol. The van der Waals surface area contributed by atoms with Gasteiger partial charge in [-0.1, -0.05) is 12.1 Å². The first kappa shape index (κ1) is 14.8. The van der Waals surface area contributed by atoms with Gasteiger partial charge in [0.15, 0.2) is 0 Å². The summed E-state index contributed by atoms with van der Waals surface area (Å²) in [5.41, 5.74) is 2.22. The molecule has 1 unspecified atom stereocenters. The number of hydrogen-bond acceptors (Lipinski definition) is 4. The minimum absolute atomic E-state index is 0.370. The maximum Gasteiger partial charge on any atom is 0.0839 e. The van der Waals surface area contributed by atoms with E-state index in [9.17, 15) is 5.11 Å². The third-order valence-corrected chi connectivity index (χ3v) is 4.35. The fraction of sp³-hybridized carbons (Fsp3) is 0.571. The van der Waals surface area contributed by atoms with Crippen LogP contribution in [0, 0.1) is 6.92 Å². The number of aliphatic hydroxyl groups is 1. The average molecular weight is 329 g/mol. The fourth-order valence-corrected chi connectivity index (χ4v) is 2.56. The summed E-state index contributed by atoms with van der Waals surface area (Å²) in [6, 6.07) is 6.08. The molecule has 0 saturated carbocycles. The van der Waals surface area contributed by atoms with Crippen molar-refractivity contribution in [3.63, 3.8) is 0 Å². The molecule has 0 radical (unpaired) electrons. The molecule has 1 aromatic rings. The number of β-amino-alcohol motifs (C(OH)–C–C–N with tert-alkyl or cyclic N) is 1. The number of rotatable bonds is 5. The van der Waals surface area contributed by atoms with Crippen molar-refractivity contribution in [3.05, 3.63) is 28.2 Å². The number of benzene rings is 1. The highest BCUT2D eigenvalue weighted by atomic mass is 79.9. The molecule has 5 heteroatoms. The van der Waals surface area contributed by atoms with Crippen LogP contribution in [0.2, 0.25) is 0 Å². The van der Waals surface area contributed by atoms with Crippen molar-refractivity contribution in [2.45, 2.75) is 13.0 Å². The van der Waals surface area contributed by atoms with Crippen molar-refractivity contribution in [2.24, 2.45) is 0 Å². The third-order valence-electron chi connectivity index (χ3n) is 3.29. The third kappa shape index (κ3) is 4.45. The quantitative estimate of drug-likeness (QED) is 0.866. The summed E-state index contributed by atoms with van der Waals surface area (Å²) in [6.45, 7) is 6.65. The number of nitrogens with zero attached hydrogens (tertiary/aromatic N) is 1. The molecule has 1 aliphatic heterocycles. The zero-order chi connectivity index (χ0) is 13.7. The lowest BCUT2D eigenvalue weighted by atomic mass is 10.2. The highest BCUT2D eigenvalue weighted by Crippen LogP contribution is 2.25. The summed E-state index contributed by atoms with van der Waals surface area (Å²) < 4.78 is 6.36. The van der Waals surface area contributed by atoms with E-state index in [0.717, 1.165) is 36.5 Å². The lowest BCUT2D eigenvalue weighted by Gasteiger charge is -2.28. The average Bonchev–Trinajstić information content (AvgIpc) is 2.42. The Kier molecular flexibility index (Phi) is 5.63. The number of nitrogens with one attached hydrogen (secondary N) is 1. The molecule has 0 bridgehead atoms. The van der Waals surface area contributed by atoms with Gasteiger partial charge in [-0.2, -0.15) is 0 Å². The van der Waals surface area contributed by atoms with Gasteiger partial charge in [-0.15, -0.1) is 0 Å². The molecule has 0 aromatic heterocycles. The summed E-state index contributed by atoms with van der Waals surface area (Å²) in [7, 11) is 0. The van der Waals surface area contributed by atoms with Crippen LogP contribution in [0.4, 0.5) is 5.69 Å². The number of morpholine rings is 1. The van der Waals surface area contributed by atoms with Gasteiger partial charge >= 0.3 is 0 Å². The topological polar surface area (TPSA) is 44.7 Å². The Morgan fingerprint density at radius 2 is 2.16 bits per heavy atom. The van der Waals surface area contributed by atoms with E-state index < -0.39 is 0 Å². The molecule has 1 aliphatic rings. The van der Waals surface area contributed by atoms with Gasteiger partial charge < -0.3 is 15.2 Å². The molecule has 19 heavy (non-hydrogen) atoms.